The molecule has 7 nitrogen and oxygen atoms in total. The molecule has 1 aromatic rings. The van der Waals surface area contributed by atoms with Gasteiger partial charge in [0.2, 0.25) is 11.9 Å². The van der Waals surface area contributed by atoms with Crippen LogP contribution in [-0.2, 0) is 9.59 Å². The van der Waals surface area contributed by atoms with E-state index in [2.05, 4.69) is 15.3 Å². The number of carbonyl (C=O) groups is 2. The summed E-state index contributed by atoms with van der Waals surface area (Å²) in [5.41, 5.74) is -1.25. The maximum absolute atomic E-state index is 12.4. The Morgan fingerprint density at radius 2 is 2.14 bits per heavy atom. The number of rotatable bonds is 5. The summed E-state index contributed by atoms with van der Waals surface area (Å²) in [6, 6.07) is 1.30. The van der Waals surface area contributed by atoms with Gasteiger partial charge in [-0.05, 0) is 32.3 Å². The maximum atomic E-state index is 12.4. The van der Waals surface area contributed by atoms with Crippen molar-refractivity contribution in [1.82, 2.24) is 15.3 Å². The molecule has 1 saturated heterocycles. The molecule has 7 heteroatoms. The third kappa shape index (κ3) is 3.12. The van der Waals surface area contributed by atoms with E-state index in [1.54, 1.807) is 25.4 Å². The van der Waals surface area contributed by atoms with E-state index in [1.807, 2.05) is 4.90 Å². The fourth-order valence-corrected chi connectivity index (χ4v) is 2.37. The highest BCUT2D eigenvalue weighted by Crippen LogP contribution is 2.23. The molecule has 2 N–H and O–H groups in total. The summed E-state index contributed by atoms with van der Waals surface area (Å²) < 4.78 is 0. The fraction of sp³-hybridized carbons (Fsp3) is 0.571. The molecule has 21 heavy (non-hydrogen) atoms. The zero-order chi connectivity index (χ0) is 15.5. The molecule has 0 saturated carbocycles. The van der Waals surface area contributed by atoms with E-state index in [1.165, 1.54) is 6.92 Å². The Bertz CT molecular complexity index is 522. The molecule has 1 aliphatic rings. The molecule has 2 atom stereocenters. The number of hydrogen-bond donors (Lipinski definition) is 2. The molecule has 0 aromatic carbocycles. The Balaban J connectivity index is 2.13. The Hall–Kier alpha value is -2.18. The van der Waals surface area contributed by atoms with Gasteiger partial charge in [0.25, 0.3) is 0 Å². The maximum Gasteiger partial charge on any atom is 0.329 e. The summed E-state index contributed by atoms with van der Waals surface area (Å²) in [5, 5.41) is 11.9. The van der Waals surface area contributed by atoms with Gasteiger partial charge in [-0.25, -0.2) is 14.8 Å². The van der Waals surface area contributed by atoms with Gasteiger partial charge in [0.1, 0.15) is 11.6 Å². The van der Waals surface area contributed by atoms with Gasteiger partial charge in [-0.1, -0.05) is 6.92 Å². The molecule has 1 aromatic heterocycles. The Kier molecular flexibility index (Phi) is 4.40. The van der Waals surface area contributed by atoms with Crippen molar-refractivity contribution in [2.75, 3.05) is 11.4 Å². The normalized spacial score (nSPS) is 20.9. The van der Waals surface area contributed by atoms with Crippen molar-refractivity contribution >= 4 is 17.8 Å². The van der Waals surface area contributed by atoms with Gasteiger partial charge >= 0.3 is 5.97 Å². The van der Waals surface area contributed by atoms with Crippen LogP contribution in [0.1, 0.15) is 33.1 Å². The minimum Gasteiger partial charge on any atom is -0.480 e. The van der Waals surface area contributed by atoms with Gasteiger partial charge in [-0.3, -0.25) is 4.79 Å². The summed E-state index contributed by atoms with van der Waals surface area (Å²) in [6.07, 6.45) is 5.10. The van der Waals surface area contributed by atoms with E-state index < -0.39 is 17.6 Å². The molecular formula is C14H20N4O3. The topological polar surface area (TPSA) is 95.4 Å². The predicted octanol–water partition coefficient (Wildman–Crippen LogP) is 0.815. The Morgan fingerprint density at radius 3 is 2.71 bits per heavy atom. The summed E-state index contributed by atoms with van der Waals surface area (Å²) >= 11 is 0. The first-order valence-corrected chi connectivity index (χ1v) is 7.07. The van der Waals surface area contributed by atoms with Crippen LogP contribution in [0.25, 0.3) is 0 Å². The number of carboxylic acid groups (broad SMARTS) is 1. The minimum atomic E-state index is -1.25. The molecule has 1 aliphatic heterocycles. The number of nitrogens with one attached hydrogen (secondary N) is 1. The van der Waals surface area contributed by atoms with E-state index in [9.17, 15) is 14.7 Å². The second-order valence-electron chi connectivity index (χ2n) is 5.38. The van der Waals surface area contributed by atoms with Gasteiger partial charge in [0.15, 0.2) is 0 Å². The highest BCUT2D eigenvalue weighted by molar-refractivity contribution is 5.91. The largest absolute Gasteiger partial charge is 0.480 e. The van der Waals surface area contributed by atoms with Crippen molar-refractivity contribution < 1.29 is 14.7 Å². The lowest BCUT2D eigenvalue weighted by atomic mass is 9.98. The van der Waals surface area contributed by atoms with Crippen molar-refractivity contribution in [1.29, 1.82) is 0 Å². The van der Waals surface area contributed by atoms with Gasteiger partial charge < -0.3 is 15.3 Å². The summed E-state index contributed by atoms with van der Waals surface area (Å²) in [4.78, 5) is 33.9. The number of carboxylic acids is 1. The zero-order valence-electron chi connectivity index (χ0n) is 12.2. The third-order valence-electron chi connectivity index (χ3n) is 3.94. The summed E-state index contributed by atoms with van der Waals surface area (Å²) in [7, 11) is 0. The molecule has 0 bridgehead atoms. The SMILES string of the molecule is CCC(C)(NC(=O)C1CCCN1c1ncccn1)C(=O)O. The monoisotopic (exact) mass is 292 g/mol. The van der Waals surface area contributed by atoms with Gasteiger partial charge in [-0.2, -0.15) is 0 Å². The van der Waals surface area contributed by atoms with Crippen LogP contribution in [0.5, 0.6) is 0 Å². The third-order valence-corrected chi connectivity index (χ3v) is 3.94. The van der Waals surface area contributed by atoms with Crippen LogP contribution in [0, 0.1) is 0 Å². The second-order valence-corrected chi connectivity index (χ2v) is 5.38. The van der Waals surface area contributed by atoms with Crippen molar-refractivity contribution in [3.05, 3.63) is 18.5 Å². The quantitative estimate of drug-likeness (QED) is 0.834. The molecule has 2 rings (SSSR count). The second kappa shape index (κ2) is 6.07. The molecule has 1 amide bonds. The zero-order valence-corrected chi connectivity index (χ0v) is 12.2. The van der Waals surface area contributed by atoms with Crippen molar-refractivity contribution in [2.45, 2.75) is 44.7 Å². The Labute approximate surface area is 123 Å². The smallest absolute Gasteiger partial charge is 0.329 e. The first-order valence-electron chi connectivity index (χ1n) is 7.07. The van der Waals surface area contributed by atoms with Crippen molar-refractivity contribution in [3.8, 4) is 0 Å². The van der Waals surface area contributed by atoms with Crippen LogP contribution in [0.3, 0.4) is 0 Å². The number of amides is 1. The predicted molar refractivity (Wildman–Crippen MR) is 76.9 cm³/mol. The number of hydrogen-bond acceptors (Lipinski definition) is 5. The van der Waals surface area contributed by atoms with E-state index in [0.717, 1.165) is 6.42 Å². The molecule has 0 spiro atoms. The minimum absolute atomic E-state index is 0.285. The first kappa shape index (κ1) is 15.2. The molecule has 114 valence electrons. The Morgan fingerprint density at radius 1 is 1.48 bits per heavy atom. The molecule has 2 unspecified atom stereocenters. The van der Waals surface area contributed by atoms with E-state index >= 15 is 0 Å². The van der Waals surface area contributed by atoms with Crippen LogP contribution in [0.15, 0.2) is 18.5 Å². The fourth-order valence-electron chi connectivity index (χ4n) is 2.37. The van der Waals surface area contributed by atoms with E-state index in [-0.39, 0.29) is 5.91 Å². The molecule has 1 fully saturated rings. The molecule has 0 radical (unpaired) electrons. The van der Waals surface area contributed by atoms with Crippen molar-refractivity contribution in [2.24, 2.45) is 0 Å². The summed E-state index contributed by atoms with van der Waals surface area (Å²) in [6.45, 7) is 3.95. The molecule has 0 aliphatic carbocycles. The van der Waals surface area contributed by atoms with Crippen LogP contribution in [0.4, 0.5) is 5.95 Å². The highest BCUT2D eigenvalue weighted by atomic mass is 16.4. The molecular weight excluding hydrogens is 272 g/mol. The van der Waals surface area contributed by atoms with E-state index in [0.29, 0.717) is 25.3 Å². The lowest BCUT2D eigenvalue weighted by Gasteiger charge is -2.29. The first-order chi connectivity index (χ1) is 9.98. The number of aliphatic carboxylic acids is 1. The lowest BCUT2D eigenvalue weighted by molar-refractivity contribution is -0.147. The van der Waals surface area contributed by atoms with Gasteiger partial charge in [0, 0.05) is 18.9 Å². The summed E-state index contributed by atoms with van der Waals surface area (Å²) in [5.74, 6) is -0.811. The number of carbonyl (C=O) groups excluding carboxylic acids is 1. The van der Waals surface area contributed by atoms with Gasteiger partial charge in [-0.15, -0.1) is 0 Å². The average molecular weight is 292 g/mol. The van der Waals surface area contributed by atoms with E-state index in [4.69, 9.17) is 0 Å². The standard InChI is InChI=1S/C14H20N4O3/c1-3-14(2,12(20)21)17-11(19)10-6-4-9-18(10)13-15-7-5-8-16-13/h5,7-8,10H,3-4,6,9H2,1-2H3,(H,17,19)(H,20,21). The van der Waals surface area contributed by atoms with Crippen molar-refractivity contribution in [3.63, 3.8) is 0 Å². The lowest BCUT2D eigenvalue weighted by Crippen LogP contribution is -2.56. The average Bonchev–Trinajstić information content (AvgIpc) is 2.97. The van der Waals surface area contributed by atoms with Gasteiger partial charge in [0.05, 0.1) is 0 Å². The highest BCUT2D eigenvalue weighted by Gasteiger charge is 2.38. The molecule has 2 heterocycles. The van der Waals surface area contributed by atoms with Crippen LogP contribution < -0.4 is 10.2 Å². The number of aromatic nitrogens is 2. The van der Waals surface area contributed by atoms with Crippen LogP contribution in [0.2, 0.25) is 0 Å². The number of anilines is 1. The van der Waals surface area contributed by atoms with Crippen LogP contribution >= 0.6 is 0 Å². The number of nitrogens with zero attached hydrogens (tertiary/aromatic N) is 3. The van der Waals surface area contributed by atoms with Crippen LogP contribution in [-0.4, -0.2) is 45.1 Å².